The van der Waals surface area contributed by atoms with Crippen LogP contribution in [0.15, 0.2) is 59.6 Å². The van der Waals surface area contributed by atoms with Crippen molar-refractivity contribution >= 4 is 21.6 Å². The van der Waals surface area contributed by atoms with Crippen LogP contribution in [0, 0.1) is 11.7 Å². The predicted octanol–water partition coefficient (Wildman–Crippen LogP) is 3.62. The standard InChI is InChI=1S/C25H24FN3O3S/c1-2-20-12-18-13-21(26)24(33(27,31)32)14-23(18)29(20)25(30)19-9-15-6-7-16(10-17(15)11-19)22-5-3-4-8-28-22/h3-8,10,13-14,19-20H,2,9,11-12H2,1H3,(H2,27,31,32)/t19-,20+/m1/s1. The summed E-state index contributed by atoms with van der Waals surface area (Å²) in [5.74, 6) is -1.21. The number of amides is 1. The van der Waals surface area contributed by atoms with Gasteiger partial charge >= 0.3 is 0 Å². The Hall–Kier alpha value is -3.10. The highest BCUT2D eigenvalue weighted by molar-refractivity contribution is 7.89. The average Bonchev–Trinajstić information content (AvgIpc) is 3.38. The van der Waals surface area contributed by atoms with Gasteiger partial charge in [-0.25, -0.2) is 17.9 Å². The Bertz CT molecular complexity index is 1360. The van der Waals surface area contributed by atoms with Crippen molar-refractivity contribution in [3.8, 4) is 11.3 Å². The van der Waals surface area contributed by atoms with Crippen LogP contribution in [0.2, 0.25) is 0 Å². The second kappa shape index (κ2) is 8.04. The molecule has 2 atom stereocenters. The molecule has 6 nitrogen and oxygen atoms in total. The third kappa shape index (κ3) is 3.83. The van der Waals surface area contributed by atoms with E-state index in [9.17, 15) is 17.6 Å². The van der Waals surface area contributed by atoms with Crippen LogP contribution in [-0.2, 0) is 34.1 Å². The molecule has 170 valence electrons. The molecule has 5 rings (SSSR count). The summed E-state index contributed by atoms with van der Waals surface area (Å²) in [6, 6.07) is 14.2. The van der Waals surface area contributed by atoms with Gasteiger partial charge in [0.05, 0.1) is 5.69 Å². The third-order valence-corrected chi connectivity index (χ3v) is 7.60. The van der Waals surface area contributed by atoms with Crippen molar-refractivity contribution in [2.24, 2.45) is 11.1 Å². The van der Waals surface area contributed by atoms with Gasteiger partial charge in [0.2, 0.25) is 15.9 Å². The Labute approximate surface area is 192 Å². The highest BCUT2D eigenvalue weighted by Gasteiger charge is 2.39. The van der Waals surface area contributed by atoms with Crippen molar-refractivity contribution in [2.75, 3.05) is 4.90 Å². The van der Waals surface area contributed by atoms with Gasteiger partial charge in [-0.15, -0.1) is 0 Å². The van der Waals surface area contributed by atoms with Crippen LogP contribution in [0.25, 0.3) is 11.3 Å². The first-order chi connectivity index (χ1) is 15.8. The van der Waals surface area contributed by atoms with E-state index in [0.29, 0.717) is 36.9 Å². The number of pyridine rings is 1. The van der Waals surface area contributed by atoms with Crippen LogP contribution in [0.3, 0.4) is 0 Å². The monoisotopic (exact) mass is 465 g/mol. The highest BCUT2D eigenvalue weighted by Crippen LogP contribution is 2.39. The summed E-state index contributed by atoms with van der Waals surface area (Å²) < 4.78 is 38.1. The highest BCUT2D eigenvalue weighted by atomic mass is 32.2. The molecule has 33 heavy (non-hydrogen) atoms. The number of aromatic nitrogens is 1. The molecule has 2 heterocycles. The number of hydrogen-bond donors (Lipinski definition) is 1. The van der Waals surface area contributed by atoms with Crippen LogP contribution in [0.5, 0.6) is 0 Å². The molecular weight excluding hydrogens is 441 g/mol. The lowest BCUT2D eigenvalue weighted by atomic mass is 10.0. The number of primary sulfonamides is 1. The van der Waals surface area contributed by atoms with Gasteiger partial charge in [0.15, 0.2) is 0 Å². The number of halogens is 1. The van der Waals surface area contributed by atoms with E-state index in [-0.39, 0.29) is 17.9 Å². The molecule has 0 radical (unpaired) electrons. The number of nitrogens with two attached hydrogens (primary N) is 1. The van der Waals surface area contributed by atoms with Gasteiger partial charge in [-0.3, -0.25) is 9.78 Å². The number of nitrogens with zero attached hydrogens (tertiary/aromatic N) is 2. The Morgan fingerprint density at radius 3 is 2.58 bits per heavy atom. The fourth-order valence-corrected chi connectivity index (χ4v) is 5.65. The van der Waals surface area contributed by atoms with Crippen molar-refractivity contribution in [1.29, 1.82) is 0 Å². The Balaban J connectivity index is 1.46. The van der Waals surface area contributed by atoms with Gasteiger partial charge in [0.25, 0.3) is 0 Å². The number of fused-ring (bicyclic) bond motifs is 2. The normalized spacial score (nSPS) is 19.4. The maximum atomic E-state index is 14.4. The molecule has 0 fully saturated rings. The van der Waals surface area contributed by atoms with Crippen molar-refractivity contribution in [3.05, 3.63) is 77.2 Å². The lowest BCUT2D eigenvalue weighted by Gasteiger charge is -2.27. The van der Waals surface area contributed by atoms with Gasteiger partial charge in [-0.1, -0.05) is 25.1 Å². The number of carbonyl (C=O) groups excluding carboxylic acids is 1. The van der Waals surface area contributed by atoms with Crippen LogP contribution >= 0.6 is 0 Å². The Kier molecular flexibility index (Phi) is 5.29. The van der Waals surface area contributed by atoms with E-state index in [1.807, 2.05) is 31.2 Å². The van der Waals surface area contributed by atoms with Gasteiger partial charge in [0.1, 0.15) is 10.7 Å². The molecule has 1 aliphatic heterocycles. The zero-order valence-corrected chi connectivity index (χ0v) is 19.0. The van der Waals surface area contributed by atoms with E-state index in [4.69, 9.17) is 5.14 Å². The molecule has 2 aromatic carbocycles. The molecule has 1 amide bonds. The van der Waals surface area contributed by atoms with E-state index >= 15 is 0 Å². The minimum atomic E-state index is -4.24. The SMILES string of the molecule is CC[C@H]1Cc2cc(F)c(S(N)(=O)=O)cc2N1C(=O)[C@@H]1Cc2ccc(-c3ccccn3)cc2C1. The summed E-state index contributed by atoms with van der Waals surface area (Å²) in [5, 5.41) is 5.21. The van der Waals surface area contributed by atoms with Crippen LogP contribution in [-0.4, -0.2) is 25.4 Å². The summed E-state index contributed by atoms with van der Waals surface area (Å²) in [6.07, 6.45) is 4.13. The molecule has 0 spiro atoms. The van der Waals surface area contributed by atoms with E-state index < -0.39 is 20.7 Å². The maximum absolute atomic E-state index is 14.4. The number of anilines is 1. The van der Waals surface area contributed by atoms with Crippen molar-refractivity contribution in [1.82, 2.24) is 4.98 Å². The summed E-state index contributed by atoms with van der Waals surface area (Å²) in [4.78, 5) is 19.2. The Morgan fingerprint density at radius 1 is 1.09 bits per heavy atom. The quantitative estimate of drug-likeness (QED) is 0.637. The number of rotatable bonds is 4. The maximum Gasteiger partial charge on any atom is 0.241 e. The average molecular weight is 466 g/mol. The van der Waals surface area contributed by atoms with Gasteiger partial charge in [0, 0.05) is 29.4 Å². The van der Waals surface area contributed by atoms with Crippen LogP contribution in [0.4, 0.5) is 10.1 Å². The fourth-order valence-electron chi connectivity index (χ4n) is 5.04. The van der Waals surface area contributed by atoms with Crippen molar-refractivity contribution in [2.45, 2.75) is 43.5 Å². The van der Waals surface area contributed by atoms with Crippen molar-refractivity contribution < 1.29 is 17.6 Å². The smallest absolute Gasteiger partial charge is 0.241 e. The molecule has 1 aromatic heterocycles. The number of sulfonamides is 1. The van der Waals surface area contributed by atoms with Crippen LogP contribution in [0.1, 0.15) is 30.0 Å². The molecule has 0 saturated heterocycles. The van der Waals surface area contributed by atoms with E-state index in [0.717, 1.165) is 22.4 Å². The number of hydrogen-bond acceptors (Lipinski definition) is 4. The second-order valence-corrected chi connectivity index (χ2v) is 10.3. The topological polar surface area (TPSA) is 93.4 Å². The van der Waals surface area contributed by atoms with Gasteiger partial charge in [-0.2, -0.15) is 0 Å². The third-order valence-electron chi connectivity index (χ3n) is 6.68. The van der Waals surface area contributed by atoms with Crippen LogP contribution < -0.4 is 10.0 Å². The molecular formula is C25H24FN3O3S. The van der Waals surface area contributed by atoms with E-state index in [2.05, 4.69) is 17.1 Å². The van der Waals surface area contributed by atoms with Gasteiger partial charge in [-0.05, 0) is 72.7 Å². The molecule has 1 aliphatic carbocycles. The first-order valence-electron chi connectivity index (χ1n) is 11.0. The zero-order valence-electron chi connectivity index (χ0n) is 18.2. The molecule has 8 heteroatoms. The number of benzene rings is 2. The summed E-state index contributed by atoms with van der Waals surface area (Å²) in [7, 11) is -4.24. The molecule has 0 saturated carbocycles. The first kappa shape index (κ1) is 21.7. The molecule has 2 N–H and O–H groups in total. The van der Waals surface area contributed by atoms with Gasteiger partial charge < -0.3 is 4.90 Å². The molecule has 3 aromatic rings. The first-order valence-corrected chi connectivity index (χ1v) is 12.5. The molecule has 0 bridgehead atoms. The Morgan fingerprint density at radius 2 is 1.88 bits per heavy atom. The minimum Gasteiger partial charge on any atom is -0.308 e. The van der Waals surface area contributed by atoms with Crippen molar-refractivity contribution in [3.63, 3.8) is 0 Å². The summed E-state index contributed by atoms with van der Waals surface area (Å²) in [6.45, 7) is 1.97. The second-order valence-electron chi connectivity index (χ2n) is 8.73. The lowest BCUT2D eigenvalue weighted by Crippen LogP contribution is -2.41. The summed E-state index contributed by atoms with van der Waals surface area (Å²) >= 11 is 0. The largest absolute Gasteiger partial charge is 0.308 e. The lowest BCUT2D eigenvalue weighted by molar-refractivity contribution is -0.122. The van der Waals surface area contributed by atoms with E-state index in [1.54, 1.807) is 11.1 Å². The fraction of sp³-hybridized carbons (Fsp3) is 0.280. The zero-order chi connectivity index (χ0) is 23.3. The van der Waals surface area contributed by atoms with E-state index in [1.165, 1.54) is 12.1 Å². The molecule has 0 unspecified atom stereocenters. The summed E-state index contributed by atoms with van der Waals surface area (Å²) in [5.41, 5.74) is 5.22. The predicted molar refractivity (Wildman–Crippen MR) is 124 cm³/mol. The number of carbonyl (C=O) groups is 1. The molecule has 2 aliphatic rings. The minimum absolute atomic E-state index is 0.0665.